The third kappa shape index (κ3) is 6.93. The largest absolute Gasteiger partial charge is 0.490 e. The van der Waals surface area contributed by atoms with Crippen molar-refractivity contribution in [3.8, 4) is 5.75 Å². The number of carbonyl (C=O) groups excluding carboxylic acids is 2. The van der Waals surface area contributed by atoms with Gasteiger partial charge in [-0.05, 0) is 42.3 Å². The minimum absolute atomic E-state index is 0.294. The van der Waals surface area contributed by atoms with E-state index in [1.807, 2.05) is 25.1 Å². The van der Waals surface area contributed by atoms with E-state index in [0.29, 0.717) is 17.4 Å². The fourth-order valence-corrected chi connectivity index (χ4v) is 2.67. The number of benzene rings is 2. The number of nitrogens with one attached hydrogen (secondary N) is 1. The van der Waals surface area contributed by atoms with Gasteiger partial charge in [-0.3, -0.25) is 4.79 Å². The second kappa shape index (κ2) is 10.9. The lowest BCUT2D eigenvalue weighted by Gasteiger charge is -2.15. The highest BCUT2D eigenvalue weighted by Crippen LogP contribution is 2.21. The molecule has 5 nitrogen and oxygen atoms in total. The number of esters is 1. The zero-order chi connectivity index (χ0) is 20.4. The van der Waals surface area contributed by atoms with Crippen LogP contribution in [0.4, 0.5) is 0 Å². The van der Waals surface area contributed by atoms with E-state index in [-0.39, 0.29) is 12.6 Å². The summed E-state index contributed by atoms with van der Waals surface area (Å²) in [6.07, 6.45) is 4.53. The number of rotatable bonds is 9. The van der Waals surface area contributed by atoms with Crippen molar-refractivity contribution >= 4 is 29.6 Å². The Morgan fingerprint density at radius 1 is 1.18 bits per heavy atom. The van der Waals surface area contributed by atoms with Crippen LogP contribution in [0.15, 0.2) is 67.3 Å². The molecule has 2 aromatic rings. The summed E-state index contributed by atoms with van der Waals surface area (Å²) in [6.45, 7) is 5.45. The molecule has 0 saturated heterocycles. The number of carbonyl (C=O) groups is 2. The van der Waals surface area contributed by atoms with Gasteiger partial charge in [0.15, 0.2) is 6.61 Å². The van der Waals surface area contributed by atoms with Gasteiger partial charge >= 0.3 is 5.97 Å². The van der Waals surface area contributed by atoms with E-state index in [1.54, 1.807) is 42.5 Å². The molecule has 0 aliphatic rings. The van der Waals surface area contributed by atoms with E-state index in [2.05, 4.69) is 11.9 Å². The number of hydrogen-bond acceptors (Lipinski definition) is 4. The van der Waals surface area contributed by atoms with Crippen LogP contribution in [0.3, 0.4) is 0 Å². The number of amides is 1. The van der Waals surface area contributed by atoms with E-state index in [1.165, 1.54) is 6.08 Å². The van der Waals surface area contributed by atoms with Crippen LogP contribution in [0.2, 0.25) is 5.02 Å². The maximum atomic E-state index is 12.0. The van der Waals surface area contributed by atoms with Crippen molar-refractivity contribution < 1.29 is 19.1 Å². The summed E-state index contributed by atoms with van der Waals surface area (Å²) in [4.78, 5) is 23.8. The summed E-state index contributed by atoms with van der Waals surface area (Å²) in [7, 11) is 0. The lowest BCUT2D eigenvalue weighted by atomic mass is 10.1. The fourth-order valence-electron chi connectivity index (χ4n) is 2.37. The van der Waals surface area contributed by atoms with Crippen LogP contribution < -0.4 is 10.1 Å². The standard InChI is InChI=1S/C22H22ClNO4/c1-3-14-27-18-11-8-17(9-12-18)10-13-22(26)28-15-21(25)24-16(2)19-6-4-5-7-20(19)23/h3-13,16H,1,14-15H2,2H3,(H,24,25)/b13-10+/t16-/m1/s1. The molecule has 0 bridgehead atoms. The van der Waals surface area contributed by atoms with Gasteiger partial charge in [-0.1, -0.05) is 54.6 Å². The first-order valence-electron chi connectivity index (χ1n) is 8.72. The highest BCUT2D eigenvalue weighted by molar-refractivity contribution is 6.31. The Kier molecular flexibility index (Phi) is 8.31. The molecule has 1 N–H and O–H groups in total. The smallest absolute Gasteiger partial charge is 0.331 e. The lowest BCUT2D eigenvalue weighted by Crippen LogP contribution is -2.31. The summed E-state index contributed by atoms with van der Waals surface area (Å²) in [5.41, 5.74) is 1.60. The van der Waals surface area contributed by atoms with Crippen LogP contribution in [-0.2, 0) is 14.3 Å². The molecule has 28 heavy (non-hydrogen) atoms. The van der Waals surface area contributed by atoms with Crippen LogP contribution in [-0.4, -0.2) is 25.1 Å². The van der Waals surface area contributed by atoms with Gasteiger partial charge in [-0.15, -0.1) is 0 Å². The van der Waals surface area contributed by atoms with E-state index in [0.717, 1.165) is 11.1 Å². The second-order valence-corrected chi connectivity index (χ2v) is 6.33. The van der Waals surface area contributed by atoms with E-state index >= 15 is 0 Å². The van der Waals surface area contributed by atoms with Crippen molar-refractivity contribution in [2.75, 3.05) is 13.2 Å². The molecule has 0 fully saturated rings. The third-order valence-electron chi connectivity index (χ3n) is 3.75. The highest BCUT2D eigenvalue weighted by Gasteiger charge is 2.13. The summed E-state index contributed by atoms with van der Waals surface area (Å²) < 4.78 is 10.3. The monoisotopic (exact) mass is 399 g/mol. The molecule has 0 heterocycles. The van der Waals surface area contributed by atoms with E-state index in [4.69, 9.17) is 21.1 Å². The maximum absolute atomic E-state index is 12.0. The fraction of sp³-hybridized carbons (Fsp3) is 0.182. The summed E-state index contributed by atoms with van der Waals surface area (Å²) >= 11 is 6.11. The molecule has 1 atom stereocenters. The maximum Gasteiger partial charge on any atom is 0.331 e. The molecule has 0 radical (unpaired) electrons. The Morgan fingerprint density at radius 3 is 2.57 bits per heavy atom. The van der Waals surface area contributed by atoms with Gasteiger partial charge in [0.1, 0.15) is 12.4 Å². The average molecular weight is 400 g/mol. The molecule has 146 valence electrons. The first-order chi connectivity index (χ1) is 13.5. The summed E-state index contributed by atoms with van der Waals surface area (Å²) in [5, 5.41) is 3.31. The summed E-state index contributed by atoms with van der Waals surface area (Å²) in [6, 6.07) is 14.1. The molecule has 2 aromatic carbocycles. The van der Waals surface area contributed by atoms with Gasteiger partial charge in [0, 0.05) is 11.1 Å². The normalized spacial score (nSPS) is 11.6. The van der Waals surface area contributed by atoms with Crippen molar-refractivity contribution in [2.24, 2.45) is 0 Å². The van der Waals surface area contributed by atoms with Crippen molar-refractivity contribution in [3.63, 3.8) is 0 Å². The predicted octanol–water partition coefficient (Wildman–Crippen LogP) is 4.34. The SMILES string of the molecule is C=CCOc1ccc(/C=C/C(=O)OCC(=O)N[C@H](C)c2ccccc2Cl)cc1. The van der Waals surface area contributed by atoms with Gasteiger partial charge in [0.25, 0.3) is 5.91 Å². The van der Waals surface area contributed by atoms with Crippen LogP contribution in [0.25, 0.3) is 6.08 Å². The zero-order valence-corrected chi connectivity index (χ0v) is 16.3. The van der Waals surface area contributed by atoms with Crippen molar-refractivity contribution in [2.45, 2.75) is 13.0 Å². The minimum Gasteiger partial charge on any atom is -0.490 e. The molecule has 1 amide bonds. The van der Waals surface area contributed by atoms with Crippen molar-refractivity contribution in [3.05, 3.63) is 83.4 Å². The highest BCUT2D eigenvalue weighted by atomic mass is 35.5. The van der Waals surface area contributed by atoms with Crippen LogP contribution >= 0.6 is 11.6 Å². The topological polar surface area (TPSA) is 64.6 Å². The Hall–Kier alpha value is -3.05. The third-order valence-corrected chi connectivity index (χ3v) is 4.10. The molecule has 0 aromatic heterocycles. The number of ether oxygens (including phenoxy) is 2. The van der Waals surface area contributed by atoms with Crippen LogP contribution in [0.1, 0.15) is 24.1 Å². The van der Waals surface area contributed by atoms with Crippen molar-refractivity contribution in [1.82, 2.24) is 5.32 Å². The van der Waals surface area contributed by atoms with Gasteiger partial charge in [-0.25, -0.2) is 4.79 Å². The Bertz CT molecular complexity index is 846. The second-order valence-electron chi connectivity index (χ2n) is 5.92. The lowest BCUT2D eigenvalue weighted by molar-refractivity contribution is -0.144. The van der Waals surface area contributed by atoms with Gasteiger partial charge in [0.2, 0.25) is 0 Å². The first-order valence-corrected chi connectivity index (χ1v) is 9.09. The quantitative estimate of drug-likeness (QED) is 0.387. The van der Waals surface area contributed by atoms with E-state index < -0.39 is 11.9 Å². The molecule has 6 heteroatoms. The molecule has 0 aliphatic carbocycles. The zero-order valence-electron chi connectivity index (χ0n) is 15.6. The minimum atomic E-state index is -0.604. The Labute approximate surface area is 169 Å². The Morgan fingerprint density at radius 2 is 1.89 bits per heavy atom. The van der Waals surface area contributed by atoms with Crippen LogP contribution in [0.5, 0.6) is 5.75 Å². The molecule has 0 unspecified atom stereocenters. The molecule has 0 spiro atoms. The molecule has 0 aliphatic heterocycles. The number of hydrogen-bond donors (Lipinski definition) is 1. The predicted molar refractivity (Wildman–Crippen MR) is 110 cm³/mol. The van der Waals surface area contributed by atoms with Crippen molar-refractivity contribution in [1.29, 1.82) is 0 Å². The average Bonchev–Trinajstić information content (AvgIpc) is 2.70. The first kappa shape index (κ1) is 21.3. The van der Waals surface area contributed by atoms with Gasteiger partial charge < -0.3 is 14.8 Å². The molecule has 2 rings (SSSR count). The summed E-state index contributed by atoms with van der Waals surface area (Å²) in [5.74, 6) is -0.297. The van der Waals surface area contributed by atoms with Gasteiger partial charge in [-0.2, -0.15) is 0 Å². The van der Waals surface area contributed by atoms with Gasteiger partial charge in [0.05, 0.1) is 6.04 Å². The molecular weight excluding hydrogens is 378 g/mol. The van der Waals surface area contributed by atoms with Crippen LogP contribution in [0, 0.1) is 0 Å². The van der Waals surface area contributed by atoms with E-state index in [9.17, 15) is 9.59 Å². The number of halogens is 1. The molecule has 0 saturated carbocycles. The molecular formula is C22H22ClNO4. The Balaban J connectivity index is 1.78.